The van der Waals surface area contributed by atoms with Crippen LogP contribution in [0.4, 0.5) is 20.6 Å². The lowest BCUT2D eigenvalue weighted by Gasteiger charge is -2.37. The van der Waals surface area contributed by atoms with E-state index in [1.165, 1.54) is 6.07 Å². The van der Waals surface area contributed by atoms with Crippen molar-refractivity contribution in [3.63, 3.8) is 0 Å². The number of hydrogen-bond acceptors (Lipinski definition) is 4. The Bertz CT molecular complexity index is 560. The van der Waals surface area contributed by atoms with Crippen LogP contribution in [0.3, 0.4) is 0 Å². The van der Waals surface area contributed by atoms with Gasteiger partial charge in [-0.15, -0.1) is 0 Å². The summed E-state index contributed by atoms with van der Waals surface area (Å²) < 4.78 is 20.1. The number of ether oxygens (including phenoxy) is 1. The number of morpholine rings is 1. The minimum atomic E-state index is -0.420. The van der Waals surface area contributed by atoms with Crippen LogP contribution >= 0.6 is 0 Å². The summed E-state index contributed by atoms with van der Waals surface area (Å²) in [6.45, 7) is 6.99. The van der Waals surface area contributed by atoms with Gasteiger partial charge in [0.1, 0.15) is 5.82 Å². The first-order valence-electron chi connectivity index (χ1n) is 8.27. The Balaban J connectivity index is 2.00. The second-order valence-corrected chi connectivity index (χ2v) is 6.34. The summed E-state index contributed by atoms with van der Waals surface area (Å²) in [5.41, 5.74) is 0.899. The van der Waals surface area contributed by atoms with Crippen LogP contribution in [0.25, 0.3) is 0 Å². The topological polar surface area (TPSA) is 73.8 Å². The average Bonchev–Trinajstić information content (AvgIpc) is 2.46. The predicted octanol–water partition coefficient (Wildman–Crippen LogP) is 2.33. The maximum atomic E-state index is 14.4. The number of nitrogens with zero attached hydrogens (tertiary/aromatic N) is 1. The molecule has 1 aliphatic heterocycles. The van der Waals surface area contributed by atoms with E-state index in [1.54, 1.807) is 19.1 Å². The van der Waals surface area contributed by atoms with E-state index in [2.05, 4.69) is 10.6 Å². The molecule has 2 amide bonds. The van der Waals surface area contributed by atoms with Crippen LogP contribution in [0, 0.1) is 5.82 Å². The SMILES string of the molecule is C[C@H](CCO)NC(=O)Nc1ccc(N2C[C@@H](C)O[C@@H](C)C2)c(F)c1. The van der Waals surface area contributed by atoms with Crippen molar-refractivity contribution in [2.45, 2.75) is 45.4 Å². The molecule has 0 bridgehead atoms. The fraction of sp³-hybridized carbons (Fsp3) is 0.588. The van der Waals surface area contributed by atoms with Gasteiger partial charge in [0.15, 0.2) is 0 Å². The molecule has 1 heterocycles. The molecule has 0 aliphatic carbocycles. The molecule has 0 unspecified atom stereocenters. The van der Waals surface area contributed by atoms with E-state index in [1.807, 2.05) is 18.7 Å². The number of nitrogens with one attached hydrogen (secondary N) is 2. The third-order valence-electron chi connectivity index (χ3n) is 3.91. The Morgan fingerprint density at radius 1 is 1.42 bits per heavy atom. The fourth-order valence-corrected chi connectivity index (χ4v) is 2.87. The second kappa shape index (κ2) is 8.30. The van der Waals surface area contributed by atoms with Crippen LogP contribution in [0.1, 0.15) is 27.2 Å². The van der Waals surface area contributed by atoms with Gasteiger partial charge >= 0.3 is 6.03 Å². The number of rotatable bonds is 5. The summed E-state index contributed by atoms with van der Waals surface area (Å²) in [6, 6.07) is 4.09. The molecule has 7 heteroatoms. The van der Waals surface area contributed by atoms with Crippen molar-refractivity contribution in [1.82, 2.24) is 5.32 Å². The second-order valence-electron chi connectivity index (χ2n) is 6.34. The maximum Gasteiger partial charge on any atom is 0.319 e. The Morgan fingerprint density at radius 3 is 2.67 bits per heavy atom. The molecule has 0 aromatic heterocycles. The molecule has 0 radical (unpaired) electrons. The molecule has 1 saturated heterocycles. The highest BCUT2D eigenvalue weighted by atomic mass is 19.1. The van der Waals surface area contributed by atoms with E-state index in [9.17, 15) is 9.18 Å². The van der Waals surface area contributed by atoms with E-state index >= 15 is 0 Å². The number of hydrogen-bond donors (Lipinski definition) is 3. The summed E-state index contributed by atoms with van der Waals surface area (Å²) in [7, 11) is 0. The van der Waals surface area contributed by atoms with E-state index in [-0.39, 0.29) is 30.7 Å². The minimum absolute atomic E-state index is 0.00116. The lowest BCUT2D eigenvalue weighted by molar-refractivity contribution is -0.00539. The van der Waals surface area contributed by atoms with Gasteiger partial charge in [0.2, 0.25) is 0 Å². The number of benzene rings is 1. The van der Waals surface area contributed by atoms with Crippen LogP contribution in [0.5, 0.6) is 0 Å². The minimum Gasteiger partial charge on any atom is -0.396 e. The predicted molar refractivity (Wildman–Crippen MR) is 91.9 cm³/mol. The summed E-state index contributed by atoms with van der Waals surface area (Å²) >= 11 is 0. The van der Waals surface area contributed by atoms with Gasteiger partial charge in [-0.25, -0.2) is 9.18 Å². The average molecular weight is 339 g/mol. The largest absolute Gasteiger partial charge is 0.396 e. The van der Waals surface area contributed by atoms with Gasteiger partial charge in [-0.1, -0.05) is 0 Å². The van der Waals surface area contributed by atoms with Crippen LogP contribution in [0.2, 0.25) is 0 Å². The van der Waals surface area contributed by atoms with Gasteiger partial charge in [-0.05, 0) is 45.4 Å². The van der Waals surface area contributed by atoms with Crippen LogP contribution in [-0.2, 0) is 4.74 Å². The highest BCUT2D eigenvalue weighted by molar-refractivity contribution is 5.89. The molecule has 134 valence electrons. The van der Waals surface area contributed by atoms with Crippen molar-refractivity contribution in [2.75, 3.05) is 29.9 Å². The van der Waals surface area contributed by atoms with Crippen molar-refractivity contribution in [3.05, 3.63) is 24.0 Å². The number of halogens is 1. The van der Waals surface area contributed by atoms with E-state index < -0.39 is 6.03 Å². The standard InChI is InChI=1S/C17H26FN3O3/c1-11(6-7-22)19-17(23)20-14-4-5-16(15(18)8-14)21-9-12(2)24-13(3)10-21/h4-5,8,11-13,22H,6-7,9-10H2,1-3H3,(H2,19,20,23)/t11-,12-,13+/m1/s1. The van der Waals surface area contributed by atoms with Gasteiger partial charge in [-0.3, -0.25) is 0 Å². The van der Waals surface area contributed by atoms with Crippen molar-refractivity contribution in [3.8, 4) is 0 Å². The lowest BCUT2D eigenvalue weighted by Crippen LogP contribution is -2.45. The maximum absolute atomic E-state index is 14.4. The number of aliphatic hydroxyl groups is 1. The van der Waals surface area contributed by atoms with Gasteiger partial charge < -0.3 is 25.4 Å². The number of aliphatic hydroxyl groups excluding tert-OH is 1. The zero-order chi connectivity index (χ0) is 17.7. The molecule has 24 heavy (non-hydrogen) atoms. The van der Waals surface area contributed by atoms with Gasteiger partial charge in [0, 0.05) is 31.4 Å². The zero-order valence-corrected chi connectivity index (χ0v) is 14.4. The molecule has 3 N–H and O–H groups in total. The summed E-state index contributed by atoms with van der Waals surface area (Å²) in [6.07, 6.45) is 0.559. The first-order chi connectivity index (χ1) is 11.4. The zero-order valence-electron chi connectivity index (χ0n) is 14.4. The summed E-state index contributed by atoms with van der Waals surface area (Å²) in [4.78, 5) is 13.8. The molecule has 0 saturated carbocycles. The first kappa shape index (κ1) is 18.5. The lowest BCUT2D eigenvalue weighted by atomic mass is 10.2. The van der Waals surface area contributed by atoms with Crippen LogP contribution in [0.15, 0.2) is 18.2 Å². The summed E-state index contributed by atoms with van der Waals surface area (Å²) in [5, 5.41) is 14.1. The number of carbonyl (C=O) groups excluding carboxylic acids is 1. The molecule has 1 aromatic carbocycles. The van der Waals surface area contributed by atoms with Crippen molar-refractivity contribution >= 4 is 17.4 Å². The molecule has 1 aliphatic rings. The Hall–Kier alpha value is -1.86. The molecule has 1 fully saturated rings. The number of anilines is 2. The smallest absolute Gasteiger partial charge is 0.319 e. The van der Waals surface area contributed by atoms with Gasteiger partial charge in [0.05, 0.1) is 17.9 Å². The molecular formula is C17H26FN3O3. The third-order valence-corrected chi connectivity index (χ3v) is 3.91. The fourth-order valence-electron chi connectivity index (χ4n) is 2.87. The number of amides is 2. The molecule has 0 spiro atoms. The first-order valence-corrected chi connectivity index (χ1v) is 8.27. The van der Waals surface area contributed by atoms with Gasteiger partial charge in [-0.2, -0.15) is 0 Å². The Kier molecular flexibility index (Phi) is 6.39. The highest BCUT2D eigenvalue weighted by Gasteiger charge is 2.24. The normalized spacial score (nSPS) is 22.1. The van der Waals surface area contributed by atoms with E-state index in [0.717, 1.165) is 0 Å². The number of urea groups is 1. The van der Waals surface area contributed by atoms with Crippen molar-refractivity contribution < 1.29 is 19.0 Å². The van der Waals surface area contributed by atoms with Gasteiger partial charge in [0.25, 0.3) is 0 Å². The molecule has 6 nitrogen and oxygen atoms in total. The van der Waals surface area contributed by atoms with Crippen molar-refractivity contribution in [2.24, 2.45) is 0 Å². The Morgan fingerprint density at radius 2 is 2.08 bits per heavy atom. The quantitative estimate of drug-likeness (QED) is 0.770. The van der Waals surface area contributed by atoms with Crippen LogP contribution < -0.4 is 15.5 Å². The Labute approximate surface area is 142 Å². The summed E-state index contributed by atoms with van der Waals surface area (Å²) in [5.74, 6) is -0.377. The molecule has 2 rings (SSSR count). The monoisotopic (exact) mass is 339 g/mol. The highest BCUT2D eigenvalue weighted by Crippen LogP contribution is 2.26. The molecular weight excluding hydrogens is 313 g/mol. The van der Waals surface area contributed by atoms with E-state index in [0.29, 0.717) is 30.9 Å². The van der Waals surface area contributed by atoms with Crippen LogP contribution in [-0.4, -0.2) is 49.1 Å². The molecule has 3 atom stereocenters. The third kappa shape index (κ3) is 5.07. The molecule has 1 aromatic rings. The van der Waals surface area contributed by atoms with E-state index in [4.69, 9.17) is 9.84 Å². The number of carbonyl (C=O) groups is 1. The van der Waals surface area contributed by atoms with Crippen molar-refractivity contribution in [1.29, 1.82) is 0 Å².